The molecule has 0 saturated heterocycles. The first-order chi connectivity index (χ1) is 31.2. The fraction of sp³-hybridized carbons (Fsp3) is 0.0508. The number of hydrogen-bond acceptors (Lipinski definition) is 4. The van der Waals surface area contributed by atoms with Crippen LogP contribution in [0, 0.1) is 0 Å². The minimum absolute atomic E-state index is 0.0680. The third-order valence-corrected chi connectivity index (χ3v) is 14.7. The van der Waals surface area contributed by atoms with Gasteiger partial charge in [-0.2, -0.15) is 0 Å². The molecule has 0 aromatic heterocycles. The zero-order valence-corrected chi connectivity index (χ0v) is 35.0. The molecule has 0 radical (unpaired) electrons. The molecule has 13 rings (SSSR count). The van der Waals surface area contributed by atoms with Gasteiger partial charge in [-0.05, 0) is 85.5 Å². The van der Waals surface area contributed by atoms with Crippen LogP contribution in [-0.2, 0) is 5.41 Å². The van der Waals surface area contributed by atoms with Gasteiger partial charge in [-0.25, -0.2) is 4.99 Å². The standard InChI is InChI=1S/C59H38N2OS/c1-2-14-37(15-3-1)38-28-32-41(33-29-38)58-60-55(57-56(61-58)47-19-7-13-25-54(47)63-57)46-18-5-4-16-43(46)40-30-26-39(27-31-40)42-34-35-45-44-17-6-8-20-48(44)59(51(45)36-42)49-21-9-11-23-52(49)62-53-24-12-10-22-50(53)59/h1-36,55,57H. The summed E-state index contributed by atoms with van der Waals surface area (Å²) in [6.45, 7) is 0. The Balaban J connectivity index is 0.895. The van der Waals surface area contributed by atoms with Gasteiger partial charge in [0.05, 0.1) is 22.4 Å². The molecule has 9 aromatic carbocycles. The number of thioether (sulfide) groups is 1. The highest BCUT2D eigenvalue weighted by atomic mass is 32.2. The number of benzene rings is 9. The molecule has 4 heteroatoms. The van der Waals surface area contributed by atoms with Gasteiger partial charge in [0.15, 0.2) is 5.84 Å². The van der Waals surface area contributed by atoms with Crippen LogP contribution in [0.2, 0.25) is 0 Å². The van der Waals surface area contributed by atoms with Crippen molar-refractivity contribution in [1.29, 1.82) is 0 Å². The van der Waals surface area contributed by atoms with Crippen molar-refractivity contribution in [2.75, 3.05) is 0 Å². The Labute approximate surface area is 371 Å². The Morgan fingerprint density at radius 3 is 1.67 bits per heavy atom. The van der Waals surface area contributed by atoms with Crippen molar-refractivity contribution in [3.63, 3.8) is 0 Å². The van der Waals surface area contributed by atoms with Gasteiger partial charge in [0, 0.05) is 27.1 Å². The van der Waals surface area contributed by atoms with Crippen LogP contribution in [0.25, 0.3) is 44.5 Å². The van der Waals surface area contributed by atoms with Crippen molar-refractivity contribution in [1.82, 2.24) is 0 Å². The molecule has 2 unspecified atom stereocenters. The summed E-state index contributed by atoms with van der Waals surface area (Å²) in [4.78, 5) is 12.1. The van der Waals surface area contributed by atoms with Crippen LogP contribution in [0.15, 0.2) is 233 Å². The number of amidine groups is 1. The highest BCUT2D eigenvalue weighted by molar-refractivity contribution is 8.01. The van der Waals surface area contributed by atoms with E-state index in [0.717, 1.165) is 28.6 Å². The van der Waals surface area contributed by atoms with E-state index in [9.17, 15) is 0 Å². The van der Waals surface area contributed by atoms with Crippen molar-refractivity contribution in [3.05, 3.63) is 257 Å². The highest BCUT2D eigenvalue weighted by Gasteiger charge is 2.51. The van der Waals surface area contributed by atoms with Crippen LogP contribution >= 0.6 is 11.8 Å². The monoisotopic (exact) mass is 822 g/mol. The van der Waals surface area contributed by atoms with Crippen LogP contribution in [0.1, 0.15) is 45.0 Å². The number of nitrogens with zero attached hydrogens (tertiary/aromatic N) is 2. The molecule has 3 nitrogen and oxygen atoms in total. The van der Waals surface area contributed by atoms with E-state index in [4.69, 9.17) is 14.7 Å². The summed E-state index contributed by atoms with van der Waals surface area (Å²) in [5.74, 6) is 2.58. The lowest BCUT2D eigenvalue weighted by Gasteiger charge is -2.39. The topological polar surface area (TPSA) is 34.0 Å². The predicted molar refractivity (Wildman–Crippen MR) is 258 cm³/mol. The lowest BCUT2D eigenvalue weighted by molar-refractivity contribution is 0.436. The molecule has 3 heterocycles. The van der Waals surface area contributed by atoms with Crippen LogP contribution in [0.4, 0.5) is 0 Å². The van der Waals surface area contributed by atoms with Crippen molar-refractivity contribution >= 4 is 23.3 Å². The molecule has 0 amide bonds. The van der Waals surface area contributed by atoms with Gasteiger partial charge in [0.25, 0.3) is 0 Å². The molecule has 0 bridgehead atoms. The fourth-order valence-electron chi connectivity index (χ4n) is 10.5. The summed E-state index contributed by atoms with van der Waals surface area (Å²) in [5, 5.41) is 0.0680. The summed E-state index contributed by atoms with van der Waals surface area (Å²) in [5.41, 5.74) is 18.6. The van der Waals surface area contributed by atoms with E-state index in [2.05, 4.69) is 218 Å². The Hall–Kier alpha value is -7.53. The minimum atomic E-state index is -0.504. The Morgan fingerprint density at radius 2 is 0.921 bits per heavy atom. The lowest BCUT2D eigenvalue weighted by atomic mass is 9.66. The Morgan fingerprint density at radius 1 is 0.397 bits per heavy atom. The van der Waals surface area contributed by atoms with E-state index in [1.807, 2.05) is 11.8 Å². The molecule has 0 saturated carbocycles. The van der Waals surface area contributed by atoms with E-state index in [-0.39, 0.29) is 11.3 Å². The first-order valence-corrected chi connectivity index (χ1v) is 22.5. The van der Waals surface area contributed by atoms with Crippen molar-refractivity contribution in [2.24, 2.45) is 9.98 Å². The third kappa shape index (κ3) is 5.54. The van der Waals surface area contributed by atoms with Crippen LogP contribution in [0.5, 0.6) is 11.5 Å². The van der Waals surface area contributed by atoms with E-state index >= 15 is 0 Å². The second kappa shape index (κ2) is 14.3. The average Bonchev–Trinajstić information content (AvgIpc) is 3.88. The molecule has 2 atom stereocenters. The number of hydrogen-bond donors (Lipinski definition) is 0. The zero-order valence-electron chi connectivity index (χ0n) is 34.2. The first-order valence-electron chi connectivity index (χ1n) is 21.6. The van der Waals surface area contributed by atoms with Gasteiger partial charge in [-0.15, -0.1) is 11.8 Å². The summed E-state index contributed by atoms with van der Waals surface area (Å²) < 4.78 is 6.59. The minimum Gasteiger partial charge on any atom is -0.457 e. The Kier molecular flexibility index (Phi) is 8.19. The van der Waals surface area contributed by atoms with E-state index in [1.165, 1.54) is 82.8 Å². The maximum atomic E-state index is 6.59. The van der Waals surface area contributed by atoms with Gasteiger partial charge in [-0.3, -0.25) is 4.99 Å². The SMILES string of the molecule is c1ccc(-c2ccc(C3=NC(c4ccccc4-c4ccc(-c5ccc6c(c5)C5(c7ccccc7Oc7ccccc75)c5ccccc5-6)cc4)C4Sc5ccccc5C4=N3)cc2)cc1. The van der Waals surface area contributed by atoms with Crippen LogP contribution in [0.3, 0.4) is 0 Å². The molecule has 0 N–H and O–H groups in total. The fourth-order valence-corrected chi connectivity index (χ4v) is 11.9. The lowest BCUT2D eigenvalue weighted by Crippen LogP contribution is -2.32. The number of rotatable bonds is 5. The predicted octanol–water partition coefficient (Wildman–Crippen LogP) is 14.6. The first kappa shape index (κ1) is 36.2. The molecular formula is C59H38N2OS. The van der Waals surface area contributed by atoms with Gasteiger partial charge in [0.1, 0.15) is 11.5 Å². The van der Waals surface area contributed by atoms with Gasteiger partial charge in [0.2, 0.25) is 0 Å². The summed E-state index contributed by atoms with van der Waals surface area (Å²) in [6.07, 6.45) is 0. The van der Waals surface area contributed by atoms with Gasteiger partial charge < -0.3 is 4.74 Å². The van der Waals surface area contributed by atoms with Crippen molar-refractivity contribution in [2.45, 2.75) is 21.6 Å². The summed E-state index contributed by atoms with van der Waals surface area (Å²) in [7, 11) is 0. The van der Waals surface area contributed by atoms with E-state index < -0.39 is 5.41 Å². The number of para-hydroxylation sites is 2. The quantitative estimate of drug-likeness (QED) is 0.173. The zero-order chi connectivity index (χ0) is 41.5. The van der Waals surface area contributed by atoms with Crippen molar-refractivity contribution in [3.8, 4) is 56.0 Å². The molecular weight excluding hydrogens is 785 g/mol. The maximum Gasteiger partial charge on any atom is 0.155 e. The smallest absolute Gasteiger partial charge is 0.155 e. The van der Waals surface area contributed by atoms with Gasteiger partial charge in [-0.1, -0.05) is 194 Å². The summed E-state index contributed by atoms with van der Waals surface area (Å²) >= 11 is 1.88. The van der Waals surface area contributed by atoms with Crippen LogP contribution < -0.4 is 4.74 Å². The molecule has 1 aliphatic carbocycles. The molecule has 296 valence electrons. The van der Waals surface area contributed by atoms with Crippen molar-refractivity contribution < 1.29 is 4.74 Å². The summed E-state index contributed by atoms with van der Waals surface area (Å²) in [6, 6.07) is 78.8. The molecule has 0 fully saturated rings. The number of ether oxygens (including phenoxy) is 1. The molecule has 4 aliphatic rings. The van der Waals surface area contributed by atoms with E-state index in [0.29, 0.717) is 0 Å². The largest absolute Gasteiger partial charge is 0.457 e. The van der Waals surface area contributed by atoms with Crippen LogP contribution in [-0.4, -0.2) is 16.8 Å². The Bertz CT molecular complexity index is 3300. The third-order valence-electron chi connectivity index (χ3n) is 13.4. The number of aliphatic imine (C=N–C) groups is 2. The molecule has 3 aliphatic heterocycles. The number of fused-ring (bicyclic) bond motifs is 12. The second-order valence-corrected chi connectivity index (χ2v) is 17.9. The maximum absolute atomic E-state index is 6.59. The second-order valence-electron chi connectivity index (χ2n) is 16.7. The van der Waals surface area contributed by atoms with E-state index in [1.54, 1.807) is 0 Å². The highest BCUT2D eigenvalue weighted by Crippen LogP contribution is 2.62. The van der Waals surface area contributed by atoms with Gasteiger partial charge >= 0.3 is 0 Å². The average molecular weight is 823 g/mol. The molecule has 1 spiro atoms. The molecule has 9 aromatic rings. The normalized spacial score (nSPS) is 17.0. The molecule has 63 heavy (non-hydrogen) atoms.